The molecule has 0 saturated heterocycles. The zero-order chi connectivity index (χ0) is 23.0. The second kappa shape index (κ2) is 8.67. The molecule has 7 nitrogen and oxygen atoms in total. The molecule has 2 aromatic carbocycles. The quantitative estimate of drug-likeness (QED) is 0.472. The van der Waals surface area contributed by atoms with Gasteiger partial charge in [0.05, 0.1) is 17.8 Å². The summed E-state index contributed by atoms with van der Waals surface area (Å²) in [5.74, 6) is 0.623. The Labute approximate surface area is 190 Å². The van der Waals surface area contributed by atoms with Crippen LogP contribution in [0.1, 0.15) is 30.8 Å². The number of fused-ring (bicyclic) bond motifs is 3. The predicted molar refractivity (Wildman–Crippen MR) is 127 cm³/mol. The van der Waals surface area contributed by atoms with E-state index < -0.39 is 0 Å². The molecule has 0 bridgehead atoms. The highest BCUT2D eigenvalue weighted by atomic mass is 35.5. The van der Waals surface area contributed by atoms with Gasteiger partial charge in [0.25, 0.3) is 11.5 Å². The zero-order valence-corrected chi connectivity index (χ0v) is 19.2. The van der Waals surface area contributed by atoms with Crippen LogP contribution in [0.3, 0.4) is 0 Å². The second-order valence-corrected chi connectivity index (χ2v) is 8.53. The molecule has 8 heteroatoms. The first-order chi connectivity index (χ1) is 15.3. The van der Waals surface area contributed by atoms with Crippen molar-refractivity contribution in [1.29, 1.82) is 0 Å². The summed E-state index contributed by atoms with van der Waals surface area (Å²) in [6.07, 6.45) is 0.845. The molecule has 2 aromatic heterocycles. The van der Waals surface area contributed by atoms with Crippen LogP contribution >= 0.6 is 11.6 Å². The van der Waals surface area contributed by atoms with Gasteiger partial charge in [0.1, 0.15) is 11.3 Å². The van der Waals surface area contributed by atoms with E-state index in [4.69, 9.17) is 16.3 Å². The van der Waals surface area contributed by atoms with Crippen LogP contribution in [0.25, 0.3) is 27.5 Å². The van der Waals surface area contributed by atoms with Gasteiger partial charge in [-0.1, -0.05) is 43.6 Å². The van der Waals surface area contributed by atoms with Crippen molar-refractivity contribution in [3.63, 3.8) is 0 Å². The van der Waals surface area contributed by atoms with E-state index in [1.54, 1.807) is 22.8 Å². The largest absolute Gasteiger partial charge is 0.495 e. The summed E-state index contributed by atoms with van der Waals surface area (Å²) in [5, 5.41) is 9.16. The van der Waals surface area contributed by atoms with E-state index >= 15 is 0 Å². The molecule has 0 aliphatic carbocycles. The number of halogens is 1. The Morgan fingerprint density at radius 1 is 1.22 bits per heavy atom. The third kappa shape index (κ3) is 3.73. The highest BCUT2D eigenvalue weighted by molar-refractivity contribution is 6.32. The van der Waals surface area contributed by atoms with Crippen LogP contribution in [0.5, 0.6) is 5.75 Å². The summed E-state index contributed by atoms with van der Waals surface area (Å²) in [4.78, 5) is 26.7. The Bertz CT molecular complexity index is 1390. The molecule has 1 amide bonds. The smallest absolute Gasteiger partial charge is 0.296 e. The molecule has 0 aliphatic rings. The molecule has 166 valence electrons. The van der Waals surface area contributed by atoms with Gasteiger partial charge in [-0.15, -0.1) is 0 Å². The van der Waals surface area contributed by atoms with Gasteiger partial charge in [0.2, 0.25) is 0 Å². The molecular formula is C24H25ClN4O3. The van der Waals surface area contributed by atoms with Gasteiger partial charge < -0.3 is 14.6 Å². The normalized spacial score (nSPS) is 11.4. The summed E-state index contributed by atoms with van der Waals surface area (Å²) in [6, 6.07) is 12.6. The third-order valence-corrected chi connectivity index (χ3v) is 5.84. The summed E-state index contributed by atoms with van der Waals surface area (Å²) < 4.78 is 8.25. The van der Waals surface area contributed by atoms with E-state index in [2.05, 4.69) is 24.3 Å². The Kier molecular flexibility index (Phi) is 5.93. The molecule has 0 aliphatic heterocycles. The number of aryl methyl sites for hydroxylation is 1. The number of rotatable bonds is 6. The molecule has 0 radical (unpaired) electrons. The predicted octanol–water partition coefficient (Wildman–Crippen LogP) is 4.32. The fourth-order valence-corrected chi connectivity index (χ4v) is 4.11. The van der Waals surface area contributed by atoms with E-state index in [-0.39, 0.29) is 17.2 Å². The van der Waals surface area contributed by atoms with Crippen LogP contribution in [-0.4, -0.2) is 33.9 Å². The SMILES string of the molecule is COc1ccc(-n2nc(C(=O)NCCC(C)C)c3c4ccccc4n(C)c3c2=O)cc1Cl. The molecule has 32 heavy (non-hydrogen) atoms. The minimum absolute atomic E-state index is 0.201. The first kappa shape index (κ1) is 21.9. The maximum absolute atomic E-state index is 13.5. The molecule has 4 rings (SSSR count). The van der Waals surface area contributed by atoms with Crippen molar-refractivity contribution in [3.8, 4) is 11.4 Å². The summed E-state index contributed by atoms with van der Waals surface area (Å²) in [7, 11) is 3.34. The van der Waals surface area contributed by atoms with Crippen LogP contribution in [-0.2, 0) is 7.05 Å². The fourth-order valence-electron chi connectivity index (χ4n) is 3.86. The Hall–Kier alpha value is -3.32. The van der Waals surface area contributed by atoms with Crippen molar-refractivity contribution in [1.82, 2.24) is 19.7 Å². The molecule has 0 fully saturated rings. The highest BCUT2D eigenvalue weighted by Gasteiger charge is 2.23. The van der Waals surface area contributed by atoms with Crippen molar-refractivity contribution < 1.29 is 9.53 Å². The number of amides is 1. The number of hydrogen-bond donors (Lipinski definition) is 1. The number of carbonyl (C=O) groups excluding carboxylic acids is 1. The van der Waals surface area contributed by atoms with Crippen LogP contribution in [0, 0.1) is 5.92 Å². The molecule has 0 atom stereocenters. The van der Waals surface area contributed by atoms with Gasteiger partial charge in [-0.3, -0.25) is 9.59 Å². The second-order valence-electron chi connectivity index (χ2n) is 8.12. The van der Waals surface area contributed by atoms with E-state index in [0.717, 1.165) is 17.3 Å². The lowest BCUT2D eigenvalue weighted by molar-refractivity contribution is 0.0947. The number of ether oxygens (including phenoxy) is 1. The zero-order valence-electron chi connectivity index (χ0n) is 18.5. The Morgan fingerprint density at radius 2 is 1.97 bits per heavy atom. The highest BCUT2D eigenvalue weighted by Crippen LogP contribution is 2.30. The van der Waals surface area contributed by atoms with Crippen LogP contribution < -0.4 is 15.6 Å². The molecule has 0 spiro atoms. The van der Waals surface area contributed by atoms with Gasteiger partial charge in [-0.2, -0.15) is 9.78 Å². The average molecular weight is 453 g/mol. The summed E-state index contributed by atoms with van der Waals surface area (Å²) >= 11 is 6.29. The van der Waals surface area contributed by atoms with Crippen molar-refractivity contribution in [2.45, 2.75) is 20.3 Å². The third-order valence-electron chi connectivity index (χ3n) is 5.54. The summed E-state index contributed by atoms with van der Waals surface area (Å²) in [6.45, 7) is 4.72. The van der Waals surface area contributed by atoms with Crippen molar-refractivity contribution >= 4 is 39.3 Å². The maximum Gasteiger partial charge on any atom is 0.296 e. The van der Waals surface area contributed by atoms with E-state index in [0.29, 0.717) is 39.8 Å². The average Bonchev–Trinajstić information content (AvgIpc) is 3.07. The van der Waals surface area contributed by atoms with Gasteiger partial charge >= 0.3 is 0 Å². The summed E-state index contributed by atoms with van der Waals surface area (Å²) in [5.41, 5.74) is 1.57. The van der Waals surface area contributed by atoms with Crippen LogP contribution in [0.2, 0.25) is 5.02 Å². The monoisotopic (exact) mass is 452 g/mol. The van der Waals surface area contributed by atoms with Gasteiger partial charge in [-0.25, -0.2) is 0 Å². The topological polar surface area (TPSA) is 78.2 Å². The number of benzene rings is 2. The molecule has 2 heterocycles. The molecule has 0 unspecified atom stereocenters. The minimum atomic E-state index is -0.335. The molecule has 0 saturated carbocycles. The van der Waals surface area contributed by atoms with Gasteiger partial charge in [0, 0.05) is 29.9 Å². The van der Waals surface area contributed by atoms with E-state index in [1.165, 1.54) is 11.8 Å². The Morgan fingerprint density at radius 3 is 2.66 bits per heavy atom. The van der Waals surface area contributed by atoms with Gasteiger partial charge in [0.15, 0.2) is 5.69 Å². The number of hydrogen-bond acceptors (Lipinski definition) is 4. The number of methoxy groups -OCH3 is 1. The first-order valence-electron chi connectivity index (χ1n) is 10.5. The lowest BCUT2D eigenvalue weighted by Gasteiger charge is -2.12. The van der Waals surface area contributed by atoms with Crippen LogP contribution in [0.4, 0.5) is 0 Å². The Balaban J connectivity index is 1.99. The number of aromatic nitrogens is 3. The molecule has 4 aromatic rings. The maximum atomic E-state index is 13.5. The van der Waals surface area contributed by atoms with Crippen LogP contribution in [0.15, 0.2) is 47.3 Å². The first-order valence-corrected chi connectivity index (χ1v) is 10.8. The molecular weight excluding hydrogens is 428 g/mol. The minimum Gasteiger partial charge on any atom is -0.495 e. The number of para-hydroxylation sites is 1. The van der Waals surface area contributed by atoms with Crippen molar-refractivity contribution in [2.24, 2.45) is 13.0 Å². The lowest BCUT2D eigenvalue weighted by atomic mass is 10.1. The standard InChI is InChI=1S/C24H25ClN4O3/c1-14(2)11-12-26-23(30)21-20-16-7-5-6-8-18(16)28(3)22(20)24(31)29(27-21)15-9-10-19(32-4)17(25)13-15/h5-10,13-14H,11-12H2,1-4H3,(H,26,30). The number of nitrogens with zero attached hydrogens (tertiary/aromatic N) is 3. The molecule has 1 N–H and O–H groups in total. The number of carbonyl (C=O) groups is 1. The van der Waals surface area contributed by atoms with Gasteiger partial charge in [-0.05, 0) is 36.6 Å². The lowest BCUT2D eigenvalue weighted by Crippen LogP contribution is -2.31. The fraction of sp³-hybridized carbons (Fsp3) is 0.292. The van der Waals surface area contributed by atoms with Crippen molar-refractivity contribution in [3.05, 3.63) is 63.5 Å². The number of nitrogens with one attached hydrogen (secondary N) is 1. The van der Waals surface area contributed by atoms with E-state index in [1.807, 2.05) is 31.3 Å². The van der Waals surface area contributed by atoms with E-state index in [9.17, 15) is 9.59 Å². The van der Waals surface area contributed by atoms with Crippen molar-refractivity contribution in [2.75, 3.05) is 13.7 Å².